The molecule has 0 radical (unpaired) electrons. The third kappa shape index (κ3) is 1.76. The van der Waals surface area contributed by atoms with Crippen LogP contribution in [-0.4, -0.2) is 10.9 Å². The molecule has 0 aromatic heterocycles. The second-order valence-electron chi connectivity index (χ2n) is 5.48. The van der Waals surface area contributed by atoms with Crippen LogP contribution in [0.2, 0.25) is 0 Å². The first-order valence-electron chi connectivity index (χ1n) is 6.62. The zero-order valence-corrected chi connectivity index (χ0v) is 10.2. The molecule has 0 heterocycles. The average molecular weight is 229 g/mol. The normalized spacial score (nSPS) is 30.5. The van der Waals surface area contributed by atoms with Gasteiger partial charge in [-0.3, -0.25) is 0 Å². The summed E-state index contributed by atoms with van der Waals surface area (Å²) in [6.07, 6.45) is 8.01. The van der Waals surface area contributed by atoms with Gasteiger partial charge in [0, 0.05) is 5.41 Å². The van der Waals surface area contributed by atoms with Crippen LogP contribution in [0.25, 0.3) is 0 Å². The minimum absolute atomic E-state index is 0.168. The fourth-order valence-corrected chi connectivity index (χ4v) is 3.66. The Bertz CT molecular complexity index is 452. The summed E-state index contributed by atoms with van der Waals surface area (Å²) in [4.78, 5) is 0. The van der Waals surface area contributed by atoms with E-state index in [0.717, 1.165) is 18.6 Å². The number of aryl methyl sites for hydroxylation is 1. The van der Waals surface area contributed by atoms with E-state index in [-0.39, 0.29) is 5.41 Å². The number of benzene rings is 1. The summed E-state index contributed by atoms with van der Waals surface area (Å²) >= 11 is 0. The molecule has 1 N–H and O–H groups in total. The molecule has 1 unspecified atom stereocenters. The molecule has 2 aliphatic rings. The van der Waals surface area contributed by atoms with Crippen molar-refractivity contribution in [3.63, 3.8) is 0 Å². The molecule has 1 saturated carbocycles. The highest BCUT2D eigenvalue weighted by Gasteiger charge is 2.41. The zero-order chi connectivity index (χ0) is 11.7. The summed E-state index contributed by atoms with van der Waals surface area (Å²) in [6, 6.07) is 8.75. The number of rotatable bonds is 0. The molecule has 0 amide bonds. The van der Waals surface area contributed by atoms with Crippen LogP contribution >= 0.6 is 0 Å². The lowest BCUT2D eigenvalue weighted by molar-refractivity contribution is 0.298. The third-order valence-electron chi connectivity index (χ3n) is 4.55. The van der Waals surface area contributed by atoms with E-state index in [1.807, 2.05) is 0 Å². The SMILES string of the molecule is O/N=C1\CCCC12CCCc1ccccc1C2. The molecule has 3 rings (SSSR count). The fraction of sp³-hybridized carbons (Fsp3) is 0.533. The standard InChI is InChI=1S/C15H19NO/c17-16-14-8-4-10-15(14)9-3-7-12-5-1-2-6-13(12)11-15/h1-2,5-6,17H,3-4,7-11H2/b16-14+. The average Bonchev–Trinajstić information content (AvgIpc) is 2.64. The van der Waals surface area contributed by atoms with Gasteiger partial charge in [-0.05, 0) is 56.1 Å². The summed E-state index contributed by atoms with van der Waals surface area (Å²) < 4.78 is 0. The molecule has 17 heavy (non-hydrogen) atoms. The second kappa shape index (κ2) is 4.17. The fourth-order valence-electron chi connectivity index (χ4n) is 3.66. The number of hydrogen-bond donors (Lipinski definition) is 1. The summed E-state index contributed by atoms with van der Waals surface area (Å²) in [7, 11) is 0. The Hall–Kier alpha value is -1.31. The van der Waals surface area contributed by atoms with Crippen molar-refractivity contribution in [2.75, 3.05) is 0 Å². The van der Waals surface area contributed by atoms with Crippen LogP contribution in [0.4, 0.5) is 0 Å². The third-order valence-corrected chi connectivity index (χ3v) is 4.55. The molecule has 2 nitrogen and oxygen atoms in total. The topological polar surface area (TPSA) is 32.6 Å². The van der Waals surface area contributed by atoms with Crippen molar-refractivity contribution in [1.82, 2.24) is 0 Å². The van der Waals surface area contributed by atoms with Gasteiger partial charge in [-0.15, -0.1) is 0 Å². The van der Waals surface area contributed by atoms with E-state index < -0.39 is 0 Å². The number of nitrogens with zero attached hydrogens (tertiary/aromatic N) is 1. The first-order chi connectivity index (χ1) is 8.34. The summed E-state index contributed by atoms with van der Waals surface area (Å²) in [6.45, 7) is 0. The van der Waals surface area contributed by atoms with Crippen LogP contribution in [0.3, 0.4) is 0 Å². The first-order valence-corrected chi connectivity index (χ1v) is 6.62. The molecule has 1 spiro atoms. The van der Waals surface area contributed by atoms with Crippen molar-refractivity contribution in [2.24, 2.45) is 10.6 Å². The lowest BCUT2D eigenvalue weighted by atomic mass is 9.76. The van der Waals surface area contributed by atoms with Gasteiger partial charge in [-0.25, -0.2) is 0 Å². The maximum Gasteiger partial charge on any atom is 0.0635 e. The highest BCUT2D eigenvalue weighted by Crippen LogP contribution is 2.45. The molecule has 1 aromatic rings. The lowest BCUT2D eigenvalue weighted by Crippen LogP contribution is -2.28. The van der Waals surface area contributed by atoms with Crippen LogP contribution in [0.15, 0.2) is 29.4 Å². The number of fused-ring (bicyclic) bond motifs is 1. The monoisotopic (exact) mass is 229 g/mol. The maximum atomic E-state index is 9.21. The molecular weight excluding hydrogens is 210 g/mol. The zero-order valence-electron chi connectivity index (χ0n) is 10.2. The summed E-state index contributed by atoms with van der Waals surface area (Å²) in [5.41, 5.74) is 4.18. The van der Waals surface area contributed by atoms with Crippen LogP contribution in [0.5, 0.6) is 0 Å². The van der Waals surface area contributed by atoms with Gasteiger partial charge >= 0.3 is 0 Å². The van der Waals surface area contributed by atoms with Gasteiger partial charge in [0.05, 0.1) is 5.71 Å². The quantitative estimate of drug-likeness (QED) is 0.535. The molecule has 0 saturated heterocycles. The van der Waals surface area contributed by atoms with Crippen molar-refractivity contribution >= 4 is 5.71 Å². The Morgan fingerprint density at radius 1 is 1.00 bits per heavy atom. The largest absolute Gasteiger partial charge is 0.411 e. The molecule has 1 aromatic carbocycles. The van der Waals surface area contributed by atoms with E-state index >= 15 is 0 Å². The number of oxime groups is 1. The van der Waals surface area contributed by atoms with Gasteiger partial charge in [-0.2, -0.15) is 0 Å². The summed E-state index contributed by atoms with van der Waals surface area (Å²) in [5.74, 6) is 0. The minimum atomic E-state index is 0.168. The van der Waals surface area contributed by atoms with Crippen molar-refractivity contribution in [3.05, 3.63) is 35.4 Å². The van der Waals surface area contributed by atoms with Crippen molar-refractivity contribution in [2.45, 2.75) is 44.9 Å². The Morgan fingerprint density at radius 2 is 1.71 bits per heavy atom. The number of hydrogen-bond acceptors (Lipinski definition) is 2. The molecule has 1 atom stereocenters. The van der Waals surface area contributed by atoms with Crippen LogP contribution in [0, 0.1) is 5.41 Å². The molecule has 2 heteroatoms. The van der Waals surface area contributed by atoms with Crippen LogP contribution in [-0.2, 0) is 12.8 Å². The Kier molecular flexibility index (Phi) is 2.65. The van der Waals surface area contributed by atoms with Gasteiger partial charge in [0.1, 0.15) is 0 Å². The second-order valence-corrected chi connectivity index (χ2v) is 5.48. The summed E-state index contributed by atoms with van der Waals surface area (Å²) in [5, 5.41) is 12.8. The molecule has 90 valence electrons. The van der Waals surface area contributed by atoms with Gasteiger partial charge in [-0.1, -0.05) is 29.4 Å². The predicted molar refractivity (Wildman–Crippen MR) is 68.6 cm³/mol. The smallest absolute Gasteiger partial charge is 0.0635 e. The molecule has 0 bridgehead atoms. The highest BCUT2D eigenvalue weighted by molar-refractivity contribution is 5.92. The van der Waals surface area contributed by atoms with E-state index in [4.69, 9.17) is 0 Å². The maximum absolute atomic E-state index is 9.21. The van der Waals surface area contributed by atoms with Crippen LogP contribution in [0.1, 0.15) is 43.2 Å². The van der Waals surface area contributed by atoms with Gasteiger partial charge < -0.3 is 5.21 Å². The Balaban J connectivity index is 2.00. The Labute approximate surface area is 102 Å². The first kappa shape index (κ1) is 10.8. The molecule has 0 aliphatic heterocycles. The van der Waals surface area contributed by atoms with Gasteiger partial charge in [0.2, 0.25) is 0 Å². The van der Waals surface area contributed by atoms with E-state index in [9.17, 15) is 5.21 Å². The van der Waals surface area contributed by atoms with E-state index in [0.29, 0.717) is 0 Å². The van der Waals surface area contributed by atoms with Crippen molar-refractivity contribution < 1.29 is 5.21 Å². The lowest BCUT2D eigenvalue weighted by Gasteiger charge is -2.27. The van der Waals surface area contributed by atoms with Crippen molar-refractivity contribution in [3.8, 4) is 0 Å². The van der Waals surface area contributed by atoms with E-state index in [1.165, 1.54) is 43.2 Å². The Morgan fingerprint density at radius 3 is 2.47 bits per heavy atom. The van der Waals surface area contributed by atoms with Gasteiger partial charge in [0.25, 0.3) is 0 Å². The molecule has 2 aliphatic carbocycles. The predicted octanol–water partition coefficient (Wildman–Crippen LogP) is 3.57. The van der Waals surface area contributed by atoms with Crippen molar-refractivity contribution in [1.29, 1.82) is 0 Å². The molecule has 1 fully saturated rings. The van der Waals surface area contributed by atoms with Crippen LogP contribution < -0.4 is 0 Å². The van der Waals surface area contributed by atoms with E-state index in [1.54, 1.807) is 0 Å². The van der Waals surface area contributed by atoms with E-state index in [2.05, 4.69) is 29.4 Å². The molecular formula is C15H19NO. The van der Waals surface area contributed by atoms with Gasteiger partial charge in [0.15, 0.2) is 0 Å². The minimum Gasteiger partial charge on any atom is -0.411 e. The highest BCUT2D eigenvalue weighted by atomic mass is 16.4.